The lowest BCUT2D eigenvalue weighted by Crippen LogP contribution is -2.48. The standard InChI is InChI=1S/C19H18N4OS/c1-14-15(2)25-19(21-14)23-10-8-22(9-11-23)18(24)7-6-16-4-3-5-17(12-16)13-20/h3-5,12H,8-11H2,1-2H3. The molecule has 25 heavy (non-hydrogen) atoms. The van der Waals surface area contributed by atoms with Crippen LogP contribution in [-0.2, 0) is 4.79 Å². The van der Waals surface area contributed by atoms with Gasteiger partial charge in [-0.15, -0.1) is 11.3 Å². The van der Waals surface area contributed by atoms with E-state index in [2.05, 4.69) is 34.7 Å². The normalized spacial score (nSPS) is 13.8. The largest absolute Gasteiger partial charge is 0.345 e. The van der Waals surface area contributed by atoms with E-state index in [0.717, 1.165) is 23.9 Å². The Morgan fingerprint density at radius 2 is 1.92 bits per heavy atom. The molecule has 1 aliphatic heterocycles. The molecule has 6 heteroatoms. The van der Waals surface area contributed by atoms with Crippen LogP contribution in [0.1, 0.15) is 21.7 Å². The molecule has 1 fully saturated rings. The van der Waals surface area contributed by atoms with Crippen molar-refractivity contribution in [1.82, 2.24) is 9.88 Å². The number of benzene rings is 1. The fourth-order valence-electron chi connectivity index (χ4n) is 2.56. The highest BCUT2D eigenvalue weighted by Gasteiger charge is 2.22. The first kappa shape index (κ1) is 17.0. The van der Waals surface area contributed by atoms with Crippen molar-refractivity contribution >= 4 is 22.4 Å². The summed E-state index contributed by atoms with van der Waals surface area (Å²) in [5, 5.41) is 9.93. The van der Waals surface area contributed by atoms with Gasteiger partial charge in [0, 0.05) is 42.5 Å². The Bertz CT molecular complexity index is 873. The number of carbonyl (C=O) groups excluding carboxylic acids is 1. The van der Waals surface area contributed by atoms with Crippen molar-refractivity contribution in [3.8, 4) is 17.9 Å². The topological polar surface area (TPSA) is 60.2 Å². The number of amides is 1. The number of hydrogen-bond donors (Lipinski definition) is 0. The Labute approximate surface area is 151 Å². The van der Waals surface area contributed by atoms with Gasteiger partial charge in [0.05, 0.1) is 17.3 Å². The summed E-state index contributed by atoms with van der Waals surface area (Å²) in [6.45, 7) is 6.92. The molecule has 0 aliphatic carbocycles. The number of carbonyl (C=O) groups is 1. The van der Waals surface area contributed by atoms with E-state index in [0.29, 0.717) is 24.2 Å². The molecule has 5 nitrogen and oxygen atoms in total. The molecule has 1 amide bonds. The van der Waals surface area contributed by atoms with Crippen molar-refractivity contribution in [2.75, 3.05) is 31.1 Å². The maximum atomic E-state index is 12.3. The fraction of sp³-hybridized carbons (Fsp3) is 0.316. The molecule has 0 unspecified atom stereocenters. The molecule has 0 N–H and O–H groups in total. The van der Waals surface area contributed by atoms with Gasteiger partial charge in [0.1, 0.15) is 0 Å². The zero-order valence-electron chi connectivity index (χ0n) is 14.2. The van der Waals surface area contributed by atoms with E-state index in [1.54, 1.807) is 40.5 Å². The van der Waals surface area contributed by atoms with Gasteiger partial charge < -0.3 is 9.80 Å². The van der Waals surface area contributed by atoms with Gasteiger partial charge >= 0.3 is 0 Å². The van der Waals surface area contributed by atoms with Gasteiger partial charge in [-0.25, -0.2) is 4.98 Å². The van der Waals surface area contributed by atoms with Crippen LogP contribution in [0, 0.1) is 37.0 Å². The van der Waals surface area contributed by atoms with Gasteiger partial charge in [-0.2, -0.15) is 5.26 Å². The van der Waals surface area contributed by atoms with Gasteiger partial charge in [0.25, 0.3) is 5.91 Å². The first-order chi connectivity index (χ1) is 12.1. The Morgan fingerprint density at radius 1 is 1.20 bits per heavy atom. The molecular formula is C19H18N4OS. The minimum Gasteiger partial charge on any atom is -0.345 e. The highest BCUT2D eigenvalue weighted by atomic mass is 32.1. The lowest BCUT2D eigenvalue weighted by molar-refractivity contribution is -0.125. The highest BCUT2D eigenvalue weighted by Crippen LogP contribution is 2.25. The molecule has 0 saturated carbocycles. The summed E-state index contributed by atoms with van der Waals surface area (Å²) in [5.74, 6) is 5.37. The summed E-state index contributed by atoms with van der Waals surface area (Å²) in [4.78, 5) is 22.1. The van der Waals surface area contributed by atoms with Crippen molar-refractivity contribution in [1.29, 1.82) is 5.26 Å². The molecule has 3 rings (SSSR count). The molecule has 2 heterocycles. The summed E-state index contributed by atoms with van der Waals surface area (Å²) in [7, 11) is 0. The second kappa shape index (κ2) is 7.38. The second-order valence-electron chi connectivity index (χ2n) is 5.86. The van der Waals surface area contributed by atoms with Crippen LogP contribution < -0.4 is 4.90 Å². The summed E-state index contributed by atoms with van der Waals surface area (Å²) in [6.07, 6.45) is 0. The second-order valence-corrected chi connectivity index (χ2v) is 7.04. The molecule has 0 radical (unpaired) electrons. The monoisotopic (exact) mass is 350 g/mol. The zero-order valence-corrected chi connectivity index (χ0v) is 15.1. The highest BCUT2D eigenvalue weighted by molar-refractivity contribution is 7.15. The third-order valence-electron chi connectivity index (χ3n) is 4.16. The number of rotatable bonds is 1. The third kappa shape index (κ3) is 3.99. The fourth-order valence-corrected chi connectivity index (χ4v) is 3.52. The van der Waals surface area contributed by atoms with E-state index in [4.69, 9.17) is 5.26 Å². The van der Waals surface area contributed by atoms with E-state index >= 15 is 0 Å². The number of thiazole rings is 1. The number of aromatic nitrogens is 1. The average Bonchev–Trinajstić information content (AvgIpc) is 2.99. The molecule has 2 aromatic rings. The number of anilines is 1. The Balaban J connectivity index is 1.60. The van der Waals surface area contributed by atoms with Gasteiger partial charge in [0.15, 0.2) is 5.13 Å². The lowest BCUT2D eigenvalue weighted by atomic mass is 10.1. The van der Waals surface area contributed by atoms with Crippen molar-refractivity contribution in [3.05, 3.63) is 46.0 Å². The lowest BCUT2D eigenvalue weighted by Gasteiger charge is -2.33. The van der Waals surface area contributed by atoms with Crippen LogP contribution in [0.5, 0.6) is 0 Å². The Hall–Kier alpha value is -2.83. The van der Waals surface area contributed by atoms with Crippen LogP contribution in [0.2, 0.25) is 0 Å². The van der Waals surface area contributed by atoms with E-state index in [1.165, 1.54) is 4.88 Å². The van der Waals surface area contributed by atoms with Gasteiger partial charge in [0.2, 0.25) is 0 Å². The quantitative estimate of drug-likeness (QED) is 0.741. The van der Waals surface area contributed by atoms with Crippen LogP contribution in [-0.4, -0.2) is 42.0 Å². The zero-order chi connectivity index (χ0) is 17.8. The van der Waals surface area contributed by atoms with Gasteiger partial charge in [-0.05, 0) is 32.0 Å². The molecule has 0 bridgehead atoms. The SMILES string of the molecule is Cc1nc(N2CCN(C(=O)C#Cc3cccc(C#N)c3)CC2)sc1C. The van der Waals surface area contributed by atoms with Crippen molar-refractivity contribution in [2.24, 2.45) is 0 Å². The number of hydrogen-bond acceptors (Lipinski definition) is 5. The van der Waals surface area contributed by atoms with E-state index < -0.39 is 0 Å². The predicted octanol–water partition coefficient (Wildman–Crippen LogP) is 2.33. The molecule has 126 valence electrons. The van der Waals surface area contributed by atoms with Crippen molar-refractivity contribution in [3.63, 3.8) is 0 Å². The van der Waals surface area contributed by atoms with Crippen LogP contribution >= 0.6 is 11.3 Å². The summed E-state index contributed by atoms with van der Waals surface area (Å²) in [6, 6.07) is 9.04. The first-order valence-corrected chi connectivity index (χ1v) is 8.88. The molecule has 1 saturated heterocycles. The minimum absolute atomic E-state index is 0.173. The number of nitriles is 1. The molecule has 0 atom stereocenters. The first-order valence-electron chi connectivity index (χ1n) is 8.07. The van der Waals surface area contributed by atoms with E-state index in [-0.39, 0.29) is 5.91 Å². The third-order valence-corrected chi connectivity index (χ3v) is 5.29. The molecule has 1 aromatic carbocycles. The van der Waals surface area contributed by atoms with Crippen LogP contribution in [0.4, 0.5) is 5.13 Å². The molecular weight excluding hydrogens is 332 g/mol. The minimum atomic E-state index is -0.173. The number of piperazine rings is 1. The van der Waals surface area contributed by atoms with Crippen molar-refractivity contribution < 1.29 is 4.79 Å². The number of aryl methyl sites for hydroxylation is 2. The number of nitrogens with zero attached hydrogens (tertiary/aromatic N) is 4. The van der Waals surface area contributed by atoms with Gasteiger partial charge in [-0.3, -0.25) is 4.79 Å². The van der Waals surface area contributed by atoms with Gasteiger partial charge in [-0.1, -0.05) is 12.0 Å². The van der Waals surface area contributed by atoms with Crippen LogP contribution in [0.3, 0.4) is 0 Å². The maximum Gasteiger partial charge on any atom is 0.298 e. The maximum absolute atomic E-state index is 12.3. The molecule has 0 spiro atoms. The Morgan fingerprint density at radius 3 is 2.56 bits per heavy atom. The molecule has 1 aliphatic rings. The van der Waals surface area contributed by atoms with Crippen LogP contribution in [0.25, 0.3) is 0 Å². The smallest absolute Gasteiger partial charge is 0.298 e. The van der Waals surface area contributed by atoms with E-state index in [9.17, 15) is 4.79 Å². The van der Waals surface area contributed by atoms with Crippen molar-refractivity contribution in [2.45, 2.75) is 13.8 Å². The predicted molar refractivity (Wildman–Crippen MR) is 98.4 cm³/mol. The summed E-state index contributed by atoms with van der Waals surface area (Å²) in [5.41, 5.74) is 2.30. The average molecular weight is 350 g/mol. The summed E-state index contributed by atoms with van der Waals surface area (Å²) >= 11 is 1.70. The Kier molecular flexibility index (Phi) is 5.02. The van der Waals surface area contributed by atoms with Crippen LogP contribution in [0.15, 0.2) is 24.3 Å². The van der Waals surface area contributed by atoms with E-state index in [1.807, 2.05) is 6.92 Å². The molecule has 1 aromatic heterocycles. The summed E-state index contributed by atoms with van der Waals surface area (Å²) < 4.78 is 0.